The first-order valence-corrected chi connectivity index (χ1v) is 58.2. The predicted molar refractivity (Wildman–Crippen MR) is 543 cm³/mol. The number of hydrogen-bond donors (Lipinski definition) is 7. The Labute approximate surface area is 810 Å². The average Bonchev–Trinajstić information content (AvgIpc) is 1.54. The van der Waals surface area contributed by atoms with Crippen LogP contribution in [0, 0.1) is 258 Å². The van der Waals surface area contributed by atoms with Crippen molar-refractivity contribution in [3.63, 3.8) is 0 Å². The third kappa shape index (κ3) is 18.5. The van der Waals surface area contributed by atoms with E-state index in [9.17, 15) is 35.7 Å². The molecule has 0 radical (unpaired) electrons. The molecule has 728 valence electrons. The lowest BCUT2D eigenvalue weighted by Gasteiger charge is -2.59. The van der Waals surface area contributed by atoms with Gasteiger partial charge in [0.15, 0.2) is 0 Å². The van der Waals surface area contributed by atoms with Gasteiger partial charge in [0.2, 0.25) is 0 Å². The Kier molecular flexibility index (Phi) is 28.6. The second-order valence-electron chi connectivity index (χ2n) is 54.6. The van der Waals surface area contributed by atoms with Crippen LogP contribution in [0.5, 0.6) is 0 Å². The van der Waals surface area contributed by atoms with Crippen molar-refractivity contribution < 1.29 is 35.7 Å². The molecule has 0 amide bonds. The van der Waals surface area contributed by atoms with Gasteiger partial charge in [-0.2, -0.15) is 0 Å². The second-order valence-corrected chi connectivity index (χ2v) is 55.7. The number of hydrogen-bond acceptors (Lipinski definition) is 7. The number of fused-ring (bicyclic) bond motifs is 25. The van der Waals surface area contributed by atoms with Crippen molar-refractivity contribution in [2.75, 3.05) is 23.9 Å². The van der Waals surface area contributed by atoms with E-state index in [-0.39, 0.29) is 13.2 Å². The quantitative estimate of drug-likeness (QED) is 0.0693. The summed E-state index contributed by atoms with van der Waals surface area (Å²) in [5.74, 6) is 41.6. The van der Waals surface area contributed by atoms with Crippen LogP contribution in [0.1, 0.15) is 378 Å². The van der Waals surface area contributed by atoms with Gasteiger partial charge in [-0.1, -0.05) is 161 Å². The smallest absolute Gasteiger partial charge is 0.125 e. The van der Waals surface area contributed by atoms with E-state index in [0.717, 1.165) is 258 Å². The highest BCUT2D eigenvalue weighted by atomic mass is 79.9. The van der Waals surface area contributed by atoms with Crippen molar-refractivity contribution in [3.05, 3.63) is 60.8 Å². The van der Waals surface area contributed by atoms with E-state index in [4.69, 9.17) is 0 Å². The molecule has 0 saturated heterocycles. The Morgan fingerprint density at radius 1 is 0.277 bits per heavy atom. The summed E-state index contributed by atoms with van der Waals surface area (Å²) in [6.45, 7) is 50.7. The molecule has 0 aromatic rings. The van der Waals surface area contributed by atoms with Gasteiger partial charge in [-0.05, 0) is 557 Å². The lowest BCUT2D eigenvalue weighted by atomic mass is 9.47. The van der Waals surface area contributed by atoms with Gasteiger partial charge in [0, 0.05) is 22.5 Å². The van der Waals surface area contributed by atoms with E-state index in [1.54, 1.807) is 0 Å². The summed E-state index contributed by atoms with van der Waals surface area (Å²) in [4.78, 5) is 0. The standard InChI is InChI=1S/C26H37BrO.C26H38O2.C23H37BrO.C23H38O2.C23H38O/c2*1-17(16-27)23-7-8-24-22-6-5-19-15-26(28,13-9-18-3-4-18)14-11-20(19)21(22)10-12-25(23,24)2;2*1-14-11-18-16(17-7-9-22(3,25)12-19(14)17)8-10-23(4)20(15(2)13-24)5-6-21(18)23;1-14(2)20-6-7-21-18-12-15(3)19-13-22(4,24)10-8-17(19)16(18)9-11-23(20,21)5/h18-24,28H,1,3-8,10-12,14-16H2,2H3;18-24,27-28H,1,3-8,10-12,14-16H2,2H3;14,16-21,25H,2,5-13H2,1,3-4H3;14,16-21,24-25H,2,5-13H2,1,3-4H3;15-21,24H,1,6-13H2,2-5H3/t2*19-,20-,21+,22+,23+,24-,25+,26+;2*14-,16-,17-,18-,19-,20-,21+,22-,23-;15-,16-,17-,18-,19-,20-,21+,22-,23-/m00111/s1. The van der Waals surface area contributed by atoms with Crippen LogP contribution in [-0.2, 0) is 0 Å². The van der Waals surface area contributed by atoms with Crippen LogP contribution in [0.3, 0.4) is 0 Å². The van der Waals surface area contributed by atoms with E-state index < -0.39 is 28.0 Å². The van der Waals surface area contributed by atoms with Crippen LogP contribution in [0.2, 0.25) is 0 Å². The molecule has 0 bridgehead atoms. The molecule has 22 saturated carbocycles. The van der Waals surface area contributed by atoms with Gasteiger partial charge in [0.1, 0.15) is 11.2 Å². The first kappa shape index (κ1) is 98.7. The Morgan fingerprint density at radius 3 is 0.815 bits per heavy atom. The molecule has 22 aliphatic rings. The highest BCUT2D eigenvalue weighted by Crippen LogP contribution is 2.73. The van der Waals surface area contributed by atoms with Gasteiger partial charge in [-0.15, -0.1) is 0 Å². The molecule has 0 spiro atoms. The third-order valence-corrected chi connectivity index (χ3v) is 48.9. The molecule has 0 heterocycles. The Bertz CT molecular complexity index is 4000. The van der Waals surface area contributed by atoms with Crippen molar-refractivity contribution in [2.24, 2.45) is 234 Å². The summed E-state index contributed by atoms with van der Waals surface area (Å²) in [7, 11) is 0. The van der Waals surface area contributed by atoms with Crippen molar-refractivity contribution in [3.8, 4) is 23.7 Å². The molecule has 0 aromatic carbocycles. The summed E-state index contributed by atoms with van der Waals surface area (Å²) in [6, 6.07) is 0. The largest absolute Gasteiger partial charge is 0.392 e. The maximum Gasteiger partial charge on any atom is 0.125 e. The van der Waals surface area contributed by atoms with Gasteiger partial charge in [-0.3, -0.25) is 0 Å². The molecule has 7 nitrogen and oxygen atoms in total. The van der Waals surface area contributed by atoms with Crippen molar-refractivity contribution in [2.45, 2.75) is 406 Å². The molecule has 0 aliphatic heterocycles. The number of alkyl halides is 2. The maximum atomic E-state index is 11.1. The molecule has 22 rings (SSSR count). The van der Waals surface area contributed by atoms with E-state index in [1.807, 2.05) is 0 Å². The van der Waals surface area contributed by atoms with Gasteiger partial charge in [0.25, 0.3) is 0 Å². The molecule has 130 heavy (non-hydrogen) atoms. The highest BCUT2D eigenvalue weighted by molar-refractivity contribution is 9.09. The summed E-state index contributed by atoms with van der Waals surface area (Å²) in [5, 5.41) is 75.3. The molecule has 7 N–H and O–H groups in total. The summed E-state index contributed by atoms with van der Waals surface area (Å²) >= 11 is 7.36. The fraction of sp³-hybridized carbons (Fsp3) is 0.884. The first-order chi connectivity index (χ1) is 61.6. The van der Waals surface area contributed by atoms with Gasteiger partial charge >= 0.3 is 0 Å². The van der Waals surface area contributed by atoms with Gasteiger partial charge in [-0.25, -0.2) is 0 Å². The zero-order valence-corrected chi connectivity index (χ0v) is 87.7. The maximum absolute atomic E-state index is 11.1. The molecular weight excluding hydrogens is 1730 g/mol. The molecule has 0 aromatic heterocycles. The summed E-state index contributed by atoms with van der Waals surface area (Å²) < 4.78 is 0. The highest BCUT2D eigenvalue weighted by Gasteiger charge is 2.66. The van der Waals surface area contributed by atoms with Crippen LogP contribution >= 0.6 is 31.9 Å². The molecule has 22 aliphatic carbocycles. The normalized spacial score (nSPS) is 53.3. The molecular formula is C121H188Br2O7. The molecule has 0 unspecified atom stereocenters. The molecule has 22 fully saturated rings. The van der Waals surface area contributed by atoms with Crippen LogP contribution in [0.15, 0.2) is 60.8 Å². The monoisotopic (exact) mass is 1910 g/mol. The summed E-state index contributed by atoms with van der Waals surface area (Å²) in [5.41, 5.74) is 6.12. The zero-order chi connectivity index (χ0) is 92.3. The van der Waals surface area contributed by atoms with Crippen molar-refractivity contribution >= 4 is 31.9 Å². The topological polar surface area (TPSA) is 142 Å². The number of rotatable bonds is 9. The number of allylic oxidation sites excluding steroid dienone is 3. The van der Waals surface area contributed by atoms with Gasteiger partial charge < -0.3 is 35.7 Å². The van der Waals surface area contributed by atoms with Crippen LogP contribution in [0.25, 0.3) is 0 Å². The second kappa shape index (κ2) is 37.7. The number of halogens is 2. The molecule has 43 atom stereocenters. The van der Waals surface area contributed by atoms with E-state index in [1.165, 1.54) is 248 Å². The van der Waals surface area contributed by atoms with Crippen LogP contribution in [0.4, 0.5) is 0 Å². The van der Waals surface area contributed by atoms with E-state index in [0.29, 0.717) is 62.6 Å². The lowest BCUT2D eigenvalue weighted by molar-refractivity contribution is -0.117. The number of aliphatic hydroxyl groups excluding tert-OH is 2. The number of aliphatic hydroxyl groups is 7. The zero-order valence-electron chi connectivity index (χ0n) is 84.5. The molecule has 9 heteroatoms. The van der Waals surface area contributed by atoms with Crippen LogP contribution in [-0.4, -0.2) is 87.6 Å². The Hall–Kier alpha value is -1.50. The summed E-state index contributed by atoms with van der Waals surface area (Å²) in [6.07, 6.45) is 57.9. The minimum atomic E-state index is -0.697. The van der Waals surface area contributed by atoms with E-state index in [2.05, 4.69) is 172 Å². The Balaban J connectivity index is 0.000000110. The third-order valence-electron chi connectivity index (χ3n) is 47.5. The predicted octanol–water partition coefficient (Wildman–Crippen LogP) is 28.1. The Morgan fingerprint density at radius 2 is 0.531 bits per heavy atom. The van der Waals surface area contributed by atoms with Crippen molar-refractivity contribution in [1.29, 1.82) is 0 Å². The van der Waals surface area contributed by atoms with Crippen LogP contribution < -0.4 is 0 Å². The minimum absolute atomic E-state index is 0.159. The van der Waals surface area contributed by atoms with Gasteiger partial charge in [0.05, 0.1) is 30.0 Å². The first-order valence-electron chi connectivity index (χ1n) is 56.0. The van der Waals surface area contributed by atoms with Crippen molar-refractivity contribution in [1.82, 2.24) is 0 Å². The lowest BCUT2D eigenvalue weighted by Crippen LogP contribution is -2.52. The fourth-order valence-corrected chi connectivity index (χ4v) is 41.8. The SMILES string of the molecule is C=C(C)[C@H]1CC[C@H]2[C@@H]3C[C@@H](C)[C@H]4C[C@](C)(O)CC[C@@H]4[C@H]3CC[C@]12C.C=C(CBr)[C@H]1CC[C@H]2[C@@H]3CC[C@H]4C[C@@](O)(C#CC5CC5)CC[C@@H]4[C@H]3CC[C@]12C.C=C(CBr)[C@H]1CC[C@H]2[C@@H]3C[C@@H](C)[C@H]4C[C@](C)(O)CC[C@@H]4[C@H]3CC[C@]12C.C=C(CO)[C@H]1CC[C@H]2[C@@H]3CC[C@H]4C[C@@](O)(C#CC5CC5)CC[C@@H]4[C@H]3CC[C@]12C.C=C(CO)[C@H]1CC[C@H]2[C@@H]3C[C@@H](C)[C@H]4C[C@](C)(O)CC[C@@H]4[C@H]3CC[C@]12C. The van der Waals surface area contributed by atoms with E-state index >= 15 is 0 Å². The average molecular weight is 1910 g/mol. The fourth-order valence-electron chi connectivity index (χ4n) is 41.0. The minimum Gasteiger partial charge on any atom is -0.392 e.